The molecule has 0 aliphatic rings. The Morgan fingerprint density at radius 1 is 1.31 bits per heavy atom. The Kier molecular flexibility index (Phi) is 4.92. The van der Waals surface area contributed by atoms with Gasteiger partial charge in [-0.3, -0.25) is 0 Å². The number of aliphatic hydroxyl groups is 1. The van der Waals surface area contributed by atoms with Gasteiger partial charge in [-0.15, -0.1) is 0 Å². The summed E-state index contributed by atoms with van der Waals surface area (Å²) in [7, 11) is -3.28. The number of benzene rings is 1. The highest BCUT2D eigenvalue weighted by Gasteiger charge is 2.10. The SMILES string of the molecule is C[C@H](O)CNS(=O)(=O)CCc1ccccc1. The number of sulfonamides is 1. The number of rotatable bonds is 6. The Bertz CT molecular complexity index is 400. The van der Waals surface area contributed by atoms with E-state index < -0.39 is 16.1 Å². The van der Waals surface area contributed by atoms with Crippen molar-refractivity contribution < 1.29 is 13.5 Å². The standard InChI is InChI=1S/C11H17NO3S/c1-10(13)9-12-16(14,15)8-7-11-5-3-2-4-6-11/h2-6,10,12-13H,7-9H2,1H3/t10-/m0/s1. The van der Waals surface area contributed by atoms with Crippen LogP contribution in [0.2, 0.25) is 0 Å². The number of aryl methyl sites for hydroxylation is 1. The fourth-order valence-corrected chi connectivity index (χ4v) is 2.36. The van der Waals surface area contributed by atoms with E-state index >= 15 is 0 Å². The molecule has 90 valence electrons. The maximum atomic E-state index is 11.5. The molecule has 0 saturated heterocycles. The molecule has 1 rings (SSSR count). The minimum Gasteiger partial charge on any atom is -0.392 e. The first kappa shape index (κ1) is 13.2. The molecule has 0 spiro atoms. The van der Waals surface area contributed by atoms with Gasteiger partial charge in [0.15, 0.2) is 0 Å². The largest absolute Gasteiger partial charge is 0.392 e. The van der Waals surface area contributed by atoms with E-state index in [4.69, 9.17) is 5.11 Å². The molecule has 0 unspecified atom stereocenters. The molecular formula is C11H17NO3S. The highest BCUT2D eigenvalue weighted by molar-refractivity contribution is 7.89. The number of hydrogen-bond acceptors (Lipinski definition) is 3. The summed E-state index contributed by atoms with van der Waals surface area (Å²) in [6, 6.07) is 9.44. The van der Waals surface area contributed by atoms with Crippen molar-refractivity contribution in [2.24, 2.45) is 0 Å². The van der Waals surface area contributed by atoms with Crippen molar-refractivity contribution in [3.05, 3.63) is 35.9 Å². The molecule has 0 fully saturated rings. The molecule has 0 aliphatic heterocycles. The summed E-state index contributed by atoms with van der Waals surface area (Å²) in [5.41, 5.74) is 0.991. The monoisotopic (exact) mass is 243 g/mol. The summed E-state index contributed by atoms with van der Waals surface area (Å²) in [5, 5.41) is 8.97. The molecule has 16 heavy (non-hydrogen) atoms. The Morgan fingerprint density at radius 2 is 1.94 bits per heavy atom. The fourth-order valence-electron chi connectivity index (χ4n) is 1.22. The molecule has 0 heterocycles. The lowest BCUT2D eigenvalue weighted by Gasteiger charge is -2.08. The highest BCUT2D eigenvalue weighted by atomic mass is 32.2. The average molecular weight is 243 g/mol. The van der Waals surface area contributed by atoms with Gasteiger partial charge in [0, 0.05) is 6.54 Å². The van der Waals surface area contributed by atoms with Gasteiger partial charge in [-0.05, 0) is 18.9 Å². The maximum absolute atomic E-state index is 11.5. The molecule has 2 N–H and O–H groups in total. The van der Waals surface area contributed by atoms with Crippen LogP contribution in [0.1, 0.15) is 12.5 Å². The minimum atomic E-state index is -3.28. The Labute approximate surface area is 96.4 Å². The quantitative estimate of drug-likeness (QED) is 0.766. The first-order valence-corrected chi connectivity index (χ1v) is 6.84. The topological polar surface area (TPSA) is 66.4 Å². The number of nitrogens with one attached hydrogen (secondary N) is 1. The first-order valence-electron chi connectivity index (χ1n) is 5.19. The first-order chi connectivity index (χ1) is 7.49. The van der Waals surface area contributed by atoms with Crippen molar-refractivity contribution in [2.45, 2.75) is 19.4 Å². The van der Waals surface area contributed by atoms with Crippen molar-refractivity contribution in [2.75, 3.05) is 12.3 Å². The van der Waals surface area contributed by atoms with E-state index in [-0.39, 0.29) is 12.3 Å². The van der Waals surface area contributed by atoms with Gasteiger partial charge in [0.25, 0.3) is 0 Å². The van der Waals surface area contributed by atoms with Crippen molar-refractivity contribution in [3.8, 4) is 0 Å². The number of hydrogen-bond donors (Lipinski definition) is 2. The van der Waals surface area contributed by atoms with Gasteiger partial charge in [0.1, 0.15) is 0 Å². The zero-order chi connectivity index (χ0) is 12.0. The van der Waals surface area contributed by atoms with Gasteiger partial charge < -0.3 is 5.11 Å². The van der Waals surface area contributed by atoms with Crippen LogP contribution >= 0.6 is 0 Å². The van der Waals surface area contributed by atoms with Crippen molar-refractivity contribution in [3.63, 3.8) is 0 Å². The predicted molar refractivity (Wildman–Crippen MR) is 63.6 cm³/mol. The summed E-state index contributed by atoms with van der Waals surface area (Å²) < 4.78 is 25.3. The molecule has 0 radical (unpaired) electrons. The normalized spacial score (nSPS) is 13.6. The van der Waals surface area contributed by atoms with Crippen LogP contribution in [0.4, 0.5) is 0 Å². The van der Waals surface area contributed by atoms with E-state index in [0.717, 1.165) is 5.56 Å². The van der Waals surface area contributed by atoms with Gasteiger partial charge in [-0.25, -0.2) is 13.1 Å². The summed E-state index contributed by atoms with van der Waals surface area (Å²) in [6.07, 6.45) is -0.179. The van der Waals surface area contributed by atoms with Crippen molar-refractivity contribution in [1.29, 1.82) is 0 Å². The fraction of sp³-hybridized carbons (Fsp3) is 0.455. The summed E-state index contributed by atoms with van der Waals surface area (Å²) >= 11 is 0. The van der Waals surface area contributed by atoms with Gasteiger partial charge in [-0.1, -0.05) is 30.3 Å². The predicted octanol–water partition coefficient (Wildman–Crippen LogP) is 0.529. The molecule has 0 bridgehead atoms. The van der Waals surface area contributed by atoms with E-state index in [1.165, 1.54) is 0 Å². The second-order valence-corrected chi connectivity index (χ2v) is 5.68. The van der Waals surface area contributed by atoms with Crippen molar-refractivity contribution >= 4 is 10.0 Å². The molecule has 0 aromatic heterocycles. The van der Waals surface area contributed by atoms with E-state index in [9.17, 15) is 8.42 Å². The lowest BCUT2D eigenvalue weighted by atomic mass is 10.2. The van der Waals surface area contributed by atoms with Crippen LogP contribution < -0.4 is 4.72 Å². The van der Waals surface area contributed by atoms with Crippen LogP contribution in [0, 0.1) is 0 Å². The number of aliphatic hydroxyl groups excluding tert-OH is 1. The average Bonchev–Trinajstić information content (AvgIpc) is 2.26. The van der Waals surface area contributed by atoms with Gasteiger partial charge >= 0.3 is 0 Å². The maximum Gasteiger partial charge on any atom is 0.212 e. The van der Waals surface area contributed by atoms with Crippen LogP contribution in [-0.4, -0.2) is 31.9 Å². The third kappa shape index (κ3) is 5.25. The van der Waals surface area contributed by atoms with Crippen LogP contribution in [0.3, 0.4) is 0 Å². The Hall–Kier alpha value is -0.910. The summed E-state index contributed by atoms with van der Waals surface area (Å²) in [5.74, 6) is 0.0454. The lowest BCUT2D eigenvalue weighted by molar-refractivity contribution is 0.198. The molecule has 1 aromatic carbocycles. The molecular weight excluding hydrogens is 226 g/mol. The van der Waals surface area contributed by atoms with Crippen LogP contribution in [0.15, 0.2) is 30.3 Å². The molecule has 1 aromatic rings. The van der Waals surface area contributed by atoms with E-state index in [2.05, 4.69) is 4.72 Å². The molecule has 5 heteroatoms. The third-order valence-electron chi connectivity index (χ3n) is 2.10. The highest BCUT2D eigenvalue weighted by Crippen LogP contribution is 2.01. The van der Waals surface area contributed by atoms with Crippen LogP contribution in [-0.2, 0) is 16.4 Å². The second-order valence-electron chi connectivity index (χ2n) is 3.75. The molecule has 4 nitrogen and oxygen atoms in total. The molecule has 0 saturated carbocycles. The van der Waals surface area contributed by atoms with Gasteiger partial charge in [-0.2, -0.15) is 0 Å². The van der Waals surface area contributed by atoms with E-state index in [0.29, 0.717) is 6.42 Å². The van der Waals surface area contributed by atoms with Crippen molar-refractivity contribution in [1.82, 2.24) is 4.72 Å². The molecule has 0 amide bonds. The zero-order valence-electron chi connectivity index (χ0n) is 9.26. The van der Waals surface area contributed by atoms with E-state index in [1.807, 2.05) is 30.3 Å². The lowest BCUT2D eigenvalue weighted by Crippen LogP contribution is -2.33. The van der Waals surface area contributed by atoms with Gasteiger partial charge in [0.05, 0.1) is 11.9 Å². The van der Waals surface area contributed by atoms with Crippen LogP contribution in [0.25, 0.3) is 0 Å². The molecule has 0 aliphatic carbocycles. The summed E-state index contributed by atoms with van der Waals surface area (Å²) in [4.78, 5) is 0. The Balaban J connectivity index is 2.42. The third-order valence-corrected chi connectivity index (χ3v) is 3.45. The van der Waals surface area contributed by atoms with E-state index in [1.54, 1.807) is 6.92 Å². The second kappa shape index (κ2) is 5.98. The minimum absolute atomic E-state index is 0.0454. The Morgan fingerprint density at radius 3 is 2.50 bits per heavy atom. The van der Waals surface area contributed by atoms with Gasteiger partial charge in [0.2, 0.25) is 10.0 Å². The molecule has 1 atom stereocenters. The zero-order valence-corrected chi connectivity index (χ0v) is 10.1. The summed E-state index contributed by atoms with van der Waals surface area (Å²) in [6.45, 7) is 1.61. The van der Waals surface area contributed by atoms with Crippen LogP contribution in [0.5, 0.6) is 0 Å². The smallest absolute Gasteiger partial charge is 0.212 e.